The van der Waals surface area contributed by atoms with Crippen molar-refractivity contribution in [1.82, 2.24) is 4.98 Å². The Morgan fingerprint density at radius 1 is 1.55 bits per heavy atom. The zero-order valence-corrected chi connectivity index (χ0v) is 7.34. The molecule has 0 fully saturated rings. The lowest BCUT2D eigenvalue weighted by Gasteiger charge is -1.86. The van der Waals surface area contributed by atoms with Gasteiger partial charge in [0.15, 0.2) is 5.58 Å². The van der Waals surface area contributed by atoms with E-state index in [0.29, 0.717) is 0 Å². The maximum Gasteiger partial charge on any atom is 0.152 e. The maximum absolute atomic E-state index is 5.25. The average molecular weight is 212 g/mol. The Hall–Kier alpha value is -0.830. The summed E-state index contributed by atoms with van der Waals surface area (Å²) in [6, 6.07) is 3.78. The molecule has 2 heterocycles. The van der Waals surface area contributed by atoms with Crippen LogP contribution in [-0.4, -0.2) is 4.98 Å². The normalized spacial score (nSPS) is 10.6. The van der Waals surface area contributed by atoms with E-state index in [0.717, 1.165) is 22.0 Å². The maximum atomic E-state index is 5.25. The van der Waals surface area contributed by atoms with Crippen molar-refractivity contribution < 1.29 is 4.42 Å². The van der Waals surface area contributed by atoms with Crippen LogP contribution in [0.2, 0.25) is 0 Å². The molecule has 2 aromatic rings. The SMILES string of the molecule is BrCc1coc2cccnc12. The lowest BCUT2D eigenvalue weighted by molar-refractivity contribution is 0.612. The van der Waals surface area contributed by atoms with Crippen molar-refractivity contribution in [2.24, 2.45) is 0 Å². The van der Waals surface area contributed by atoms with Crippen molar-refractivity contribution >= 4 is 27.0 Å². The van der Waals surface area contributed by atoms with E-state index in [-0.39, 0.29) is 0 Å². The Labute approximate surface area is 72.4 Å². The Morgan fingerprint density at radius 3 is 3.27 bits per heavy atom. The predicted molar refractivity (Wildman–Crippen MR) is 46.6 cm³/mol. The summed E-state index contributed by atoms with van der Waals surface area (Å²) in [5, 5.41) is 0.789. The fourth-order valence-corrected chi connectivity index (χ4v) is 1.41. The summed E-state index contributed by atoms with van der Waals surface area (Å²) in [6.07, 6.45) is 3.50. The van der Waals surface area contributed by atoms with Crippen LogP contribution in [0.25, 0.3) is 11.1 Å². The molecule has 0 aliphatic rings. The Kier molecular flexibility index (Phi) is 1.66. The molecule has 0 atom stereocenters. The van der Waals surface area contributed by atoms with E-state index >= 15 is 0 Å². The summed E-state index contributed by atoms with van der Waals surface area (Å²) in [5.41, 5.74) is 2.90. The van der Waals surface area contributed by atoms with Gasteiger partial charge in [0.2, 0.25) is 0 Å². The summed E-state index contributed by atoms with van der Waals surface area (Å²) in [4.78, 5) is 4.19. The second kappa shape index (κ2) is 2.66. The van der Waals surface area contributed by atoms with Gasteiger partial charge >= 0.3 is 0 Å². The Bertz CT molecular complexity index is 369. The van der Waals surface area contributed by atoms with Gasteiger partial charge < -0.3 is 4.42 Å². The third-order valence-electron chi connectivity index (χ3n) is 1.55. The van der Waals surface area contributed by atoms with E-state index in [1.165, 1.54) is 0 Å². The van der Waals surface area contributed by atoms with Gasteiger partial charge in [-0.2, -0.15) is 0 Å². The Balaban J connectivity index is 2.76. The van der Waals surface area contributed by atoms with Gasteiger partial charge in [-0.05, 0) is 12.1 Å². The first-order valence-corrected chi connectivity index (χ1v) is 4.41. The molecule has 0 aliphatic carbocycles. The lowest BCUT2D eigenvalue weighted by Crippen LogP contribution is -1.75. The summed E-state index contributed by atoms with van der Waals surface area (Å²) in [7, 11) is 0. The molecule has 11 heavy (non-hydrogen) atoms. The van der Waals surface area contributed by atoms with E-state index in [9.17, 15) is 0 Å². The second-order valence-corrected chi connectivity index (χ2v) is 2.81. The van der Waals surface area contributed by atoms with Gasteiger partial charge in [0.05, 0.1) is 6.26 Å². The van der Waals surface area contributed by atoms with Crippen LogP contribution in [0.4, 0.5) is 0 Å². The molecular formula is C8H6BrNO. The molecule has 0 saturated carbocycles. The monoisotopic (exact) mass is 211 g/mol. The summed E-state index contributed by atoms with van der Waals surface area (Å²) < 4.78 is 5.25. The zero-order valence-electron chi connectivity index (χ0n) is 5.75. The van der Waals surface area contributed by atoms with Gasteiger partial charge in [0, 0.05) is 17.1 Å². The van der Waals surface area contributed by atoms with Crippen molar-refractivity contribution in [1.29, 1.82) is 0 Å². The molecule has 0 N–H and O–H groups in total. The van der Waals surface area contributed by atoms with Crippen molar-refractivity contribution in [2.45, 2.75) is 5.33 Å². The van der Waals surface area contributed by atoms with Gasteiger partial charge in [-0.3, -0.25) is 4.98 Å². The smallest absolute Gasteiger partial charge is 0.152 e. The van der Waals surface area contributed by atoms with Crippen LogP contribution in [0.1, 0.15) is 5.56 Å². The van der Waals surface area contributed by atoms with Crippen LogP contribution in [-0.2, 0) is 5.33 Å². The molecule has 0 spiro atoms. The first-order chi connectivity index (χ1) is 5.42. The van der Waals surface area contributed by atoms with Crippen LogP contribution in [0.15, 0.2) is 29.0 Å². The van der Waals surface area contributed by atoms with Crippen molar-refractivity contribution in [3.05, 3.63) is 30.2 Å². The van der Waals surface area contributed by atoms with Gasteiger partial charge in [-0.1, -0.05) is 15.9 Å². The number of nitrogens with zero attached hydrogens (tertiary/aromatic N) is 1. The highest BCUT2D eigenvalue weighted by Gasteiger charge is 2.03. The van der Waals surface area contributed by atoms with Gasteiger partial charge in [0.25, 0.3) is 0 Å². The highest BCUT2D eigenvalue weighted by atomic mass is 79.9. The molecule has 0 radical (unpaired) electrons. The minimum absolute atomic E-state index is 0.789. The standard InChI is InChI=1S/C8H6BrNO/c9-4-6-5-11-7-2-1-3-10-8(6)7/h1-3,5H,4H2. The number of halogens is 1. The molecule has 0 amide bonds. The molecule has 0 aliphatic heterocycles. The number of hydrogen-bond donors (Lipinski definition) is 0. The molecular weight excluding hydrogens is 206 g/mol. The van der Waals surface area contributed by atoms with Crippen LogP contribution in [0.3, 0.4) is 0 Å². The molecule has 3 heteroatoms. The lowest BCUT2D eigenvalue weighted by atomic mass is 10.3. The molecule has 0 saturated heterocycles. The molecule has 2 aromatic heterocycles. The number of alkyl halides is 1. The van der Waals surface area contributed by atoms with E-state index in [1.54, 1.807) is 12.5 Å². The van der Waals surface area contributed by atoms with Gasteiger partial charge in [-0.25, -0.2) is 0 Å². The predicted octanol–water partition coefficient (Wildman–Crippen LogP) is 2.72. The molecule has 2 rings (SSSR count). The van der Waals surface area contributed by atoms with Crippen LogP contribution in [0, 0.1) is 0 Å². The summed E-state index contributed by atoms with van der Waals surface area (Å²) in [6.45, 7) is 0. The van der Waals surface area contributed by atoms with Crippen LogP contribution >= 0.6 is 15.9 Å². The quantitative estimate of drug-likeness (QED) is 0.679. The number of fused-ring (bicyclic) bond motifs is 1. The van der Waals surface area contributed by atoms with Crippen molar-refractivity contribution in [3.63, 3.8) is 0 Å². The molecule has 0 unspecified atom stereocenters. The highest BCUT2D eigenvalue weighted by molar-refractivity contribution is 9.08. The average Bonchev–Trinajstić information content (AvgIpc) is 2.47. The fourth-order valence-electron chi connectivity index (χ4n) is 1.01. The van der Waals surface area contributed by atoms with Crippen LogP contribution in [0.5, 0.6) is 0 Å². The molecule has 56 valence electrons. The summed E-state index contributed by atoms with van der Waals surface area (Å²) in [5.74, 6) is 0. The van der Waals surface area contributed by atoms with Gasteiger partial charge in [-0.15, -0.1) is 0 Å². The second-order valence-electron chi connectivity index (χ2n) is 2.24. The third-order valence-corrected chi connectivity index (χ3v) is 2.15. The van der Waals surface area contributed by atoms with E-state index in [2.05, 4.69) is 20.9 Å². The number of hydrogen-bond acceptors (Lipinski definition) is 2. The molecule has 2 nitrogen and oxygen atoms in total. The first-order valence-electron chi connectivity index (χ1n) is 3.29. The number of aromatic nitrogens is 1. The fraction of sp³-hybridized carbons (Fsp3) is 0.125. The topological polar surface area (TPSA) is 26.0 Å². The van der Waals surface area contributed by atoms with Crippen molar-refractivity contribution in [3.8, 4) is 0 Å². The largest absolute Gasteiger partial charge is 0.462 e. The zero-order chi connectivity index (χ0) is 7.68. The number of pyridine rings is 1. The van der Waals surface area contributed by atoms with E-state index in [4.69, 9.17) is 4.42 Å². The third kappa shape index (κ3) is 1.05. The Morgan fingerprint density at radius 2 is 2.45 bits per heavy atom. The van der Waals surface area contributed by atoms with Crippen molar-refractivity contribution in [2.75, 3.05) is 0 Å². The van der Waals surface area contributed by atoms with Gasteiger partial charge in [0.1, 0.15) is 5.52 Å². The minimum Gasteiger partial charge on any atom is -0.462 e. The van der Waals surface area contributed by atoms with E-state index < -0.39 is 0 Å². The van der Waals surface area contributed by atoms with Crippen LogP contribution < -0.4 is 0 Å². The van der Waals surface area contributed by atoms with E-state index in [1.807, 2.05) is 12.1 Å². The molecule has 0 bridgehead atoms. The number of rotatable bonds is 1. The first kappa shape index (κ1) is 6.85. The molecule has 0 aromatic carbocycles. The summed E-state index contributed by atoms with van der Waals surface area (Å²) >= 11 is 3.36. The minimum atomic E-state index is 0.789. The number of furan rings is 1. The highest BCUT2D eigenvalue weighted by Crippen LogP contribution is 2.19.